The molecule has 1 aliphatic carbocycles. The maximum Gasteiger partial charge on any atom is 0.187 e. The molecule has 1 heterocycles. The third-order valence-electron chi connectivity index (χ3n) is 2.41. The Balaban J connectivity index is 2.55. The van der Waals surface area contributed by atoms with Crippen LogP contribution < -0.4 is 0 Å². The molecule has 72 valence electrons. The van der Waals surface area contributed by atoms with E-state index in [0.717, 1.165) is 12.0 Å². The molecule has 3 heteroatoms. The summed E-state index contributed by atoms with van der Waals surface area (Å²) in [6.07, 6.45) is 7.65. The summed E-state index contributed by atoms with van der Waals surface area (Å²) >= 11 is 0. The number of carbonyl (C=O) groups is 1. The van der Waals surface area contributed by atoms with Gasteiger partial charge in [0.1, 0.15) is 0 Å². The second kappa shape index (κ2) is 3.01. The molecule has 0 unspecified atom stereocenters. The molecule has 0 aliphatic heterocycles. The van der Waals surface area contributed by atoms with Crippen LogP contribution in [0.15, 0.2) is 24.5 Å². The van der Waals surface area contributed by atoms with Gasteiger partial charge in [0, 0.05) is 5.56 Å². The zero-order valence-electron chi connectivity index (χ0n) is 8.32. The van der Waals surface area contributed by atoms with Gasteiger partial charge in [0.25, 0.3) is 0 Å². The molecule has 0 saturated carbocycles. The van der Waals surface area contributed by atoms with Crippen LogP contribution in [0.5, 0.6) is 0 Å². The van der Waals surface area contributed by atoms with E-state index >= 15 is 0 Å². The van der Waals surface area contributed by atoms with E-state index < -0.39 is 0 Å². The summed E-state index contributed by atoms with van der Waals surface area (Å²) in [6, 6.07) is 0. The molecule has 0 amide bonds. The van der Waals surface area contributed by atoms with E-state index in [9.17, 15) is 4.79 Å². The SMILES string of the molecule is CC1(C)C=CC(=O)c2cnncc2C1. The summed E-state index contributed by atoms with van der Waals surface area (Å²) in [5, 5.41) is 7.54. The third-order valence-corrected chi connectivity index (χ3v) is 2.41. The number of hydrogen-bond donors (Lipinski definition) is 0. The fourth-order valence-corrected chi connectivity index (χ4v) is 1.65. The van der Waals surface area contributed by atoms with Gasteiger partial charge in [0.15, 0.2) is 5.78 Å². The lowest BCUT2D eigenvalue weighted by molar-refractivity contribution is 0.104. The monoisotopic (exact) mass is 188 g/mol. The molecule has 0 fully saturated rings. The molecule has 2 rings (SSSR count). The second-order valence-electron chi connectivity index (χ2n) is 4.29. The number of ketones is 1. The number of carbonyl (C=O) groups excluding carboxylic acids is 1. The number of allylic oxidation sites excluding steroid dienone is 2. The maximum absolute atomic E-state index is 11.6. The van der Waals surface area contributed by atoms with Crippen molar-refractivity contribution in [3.05, 3.63) is 35.7 Å². The van der Waals surface area contributed by atoms with Crippen LogP contribution in [0.25, 0.3) is 0 Å². The van der Waals surface area contributed by atoms with Gasteiger partial charge in [-0.1, -0.05) is 19.9 Å². The first-order chi connectivity index (χ1) is 6.58. The van der Waals surface area contributed by atoms with Crippen LogP contribution in [0.1, 0.15) is 29.8 Å². The lowest BCUT2D eigenvalue weighted by atomic mass is 9.87. The van der Waals surface area contributed by atoms with Crippen LogP contribution in [-0.2, 0) is 6.42 Å². The van der Waals surface area contributed by atoms with Crippen molar-refractivity contribution in [2.24, 2.45) is 5.41 Å². The Morgan fingerprint density at radius 3 is 2.79 bits per heavy atom. The molecule has 0 bridgehead atoms. The molecule has 0 spiro atoms. The molecule has 0 N–H and O–H groups in total. The summed E-state index contributed by atoms with van der Waals surface area (Å²) < 4.78 is 0. The number of rotatable bonds is 0. The third kappa shape index (κ3) is 1.58. The van der Waals surface area contributed by atoms with E-state index in [1.165, 1.54) is 0 Å². The summed E-state index contributed by atoms with van der Waals surface area (Å²) in [7, 11) is 0. The van der Waals surface area contributed by atoms with Crippen LogP contribution in [-0.4, -0.2) is 16.0 Å². The van der Waals surface area contributed by atoms with Crippen LogP contribution in [0.3, 0.4) is 0 Å². The first kappa shape index (κ1) is 9.06. The van der Waals surface area contributed by atoms with Gasteiger partial charge in [-0.15, -0.1) is 0 Å². The van der Waals surface area contributed by atoms with Gasteiger partial charge in [0.05, 0.1) is 12.4 Å². The summed E-state index contributed by atoms with van der Waals surface area (Å²) in [4.78, 5) is 11.6. The predicted octanol–water partition coefficient (Wildman–Crippen LogP) is 1.80. The fourth-order valence-electron chi connectivity index (χ4n) is 1.65. The van der Waals surface area contributed by atoms with Gasteiger partial charge in [-0.2, -0.15) is 10.2 Å². The molecule has 14 heavy (non-hydrogen) atoms. The molecule has 1 aromatic rings. The molecule has 1 aromatic heterocycles. The minimum atomic E-state index is 0.0178. The lowest BCUT2D eigenvalue weighted by Gasteiger charge is -2.18. The van der Waals surface area contributed by atoms with E-state index in [0.29, 0.717) is 5.56 Å². The second-order valence-corrected chi connectivity index (χ2v) is 4.29. The smallest absolute Gasteiger partial charge is 0.187 e. The van der Waals surface area contributed by atoms with E-state index in [4.69, 9.17) is 0 Å². The highest BCUT2D eigenvalue weighted by atomic mass is 16.1. The molecule has 1 aliphatic rings. The van der Waals surface area contributed by atoms with Gasteiger partial charge in [-0.3, -0.25) is 4.79 Å². The van der Waals surface area contributed by atoms with Gasteiger partial charge in [0.2, 0.25) is 0 Å². The van der Waals surface area contributed by atoms with Gasteiger partial charge >= 0.3 is 0 Å². The average Bonchev–Trinajstić information content (AvgIpc) is 2.25. The van der Waals surface area contributed by atoms with Crippen molar-refractivity contribution in [1.82, 2.24) is 10.2 Å². The first-order valence-corrected chi connectivity index (χ1v) is 4.62. The van der Waals surface area contributed by atoms with Crippen LogP contribution in [0, 0.1) is 5.41 Å². The number of aromatic nitrogens is 2. The molecular formula is C11H12N2O. The zero-order valence-corrected chi connectivity index (χ0v) is 8.32. The van der Waals surface area contributed by atoms with Crippen molar-refractivity contribution in [2.45, 2.75) is 20.3 Å². The van der Waals surface area contributed by atoms with Crippen LogP contribution >= 0.6 is 0 Å². The largest absolute Gasteiger partial charge is 0.289 e. The minimum absolute atomic E-state index is 0.0178. The maximum atomic E-state index is 11.6. The molecule has 0 atom stereocenters. The Morgan fingerprint density at radius 1 is 1.29 bits per heavy atom. The van der Waals surface area contributed by atoms with Gasteiger partial charge in [-0.25, -0.2) is 0 Å². The normalized spacial score (nSPS) is 18.9. The minimum Gasteiger partial charge on any atom is -0.289 e. The molecule has 0 aromatic carbocycles. The van der Waals surface area contributed by atoms with E-state index in [2.05, 4.69) is 24.0 Å². The number of nitrogens with zero attached hydrogens (tertiary/aromatic N) is 2. The van der Waals surface area contributed by atoms with Crippen molar-refractivity contribution in [3.63, 3.8) is 0 Å². The highest BCUT2D eigenvalue weighted by Crippen LogP contribution is 2.27. The topological polar surface area (TPSA) is 42.9 Å². The van der Waals surface area contributed by atoms with Crippen molar-refractivity contribution >= 4 is 5.78 Å². The Hall–Kier alpha value is -1.51. The van der Waals surface area contributed by atoms with Crippen molar-refractivity contribution in [3.8, 4) is 0 Å². The number of fused-ring (bicyclic) bond motifs is 1. The lowest BCUT2D eigenvalue weighted by Crippen LogP contribution is -2.11. The van der Waals surface area contributed by atoms with E-state index in [1.807, 2.05) is 6.08 Å². The van der Waals surface area contributed by atoms with Crippen molar-refractivity contribution in [1.29, 1.82) is 0 Å². The fraction of sp³-hybridized carbons (Fsp3) is 0.364. The zero-order chi connectivity index (χ0) is 10.2. The van der Waals surface area contributed by atoms with Gasteiger partial charge in [-0.05, 0) is 23.5 Å². The van der Waals surface area contributed by atoms with Gasteiger partial charge < -0.3 is 0 Å². The molecular weight excluding hydrogens is 176 g/mol. The molecule has 0 radical (unpaired) electrons. The van der Waals surface area contributed by atoms with E-state index in [-0.39, 0.29) is 11.2 Å². The van der Waals surface area contributed by atoms with E-state index in [1.54, 1.807) is 18.5 Å². The average molecular weight is 188 g/mol. The first-order valence-electron chi connectivity index (χ1n) is 4.62. The summed E-state index contributed by atoms with van der Waals surface area (Å²) in [5.41, 5.74) is 1.69. The highest BCUT2D eigenvalue weighted by Gasteiger charge is 2.22. The van der Waals surface area contributed by atoms with Crippen molar-refractivity contribution in [2.75, 3.05) is 0 Å². The molecule has 3 nitrogen and oxygen atoms in total. The number of hydrogen-bond acceptors (Lipinski definition) is 3. The quantitative estimate of drug-likeness (QED) is 0.623. The Kier molecular flexibility index (Phi) is 1.95. The van der Waals surface area contributed by atoms with Crippen LogP contribution in [0.2, 0.25) is 0 Å². The Morgan fingerprint density at radius 2 is 2.00 bits per heavy atom. The Labute approximate surface area is 82.9 Å². The summed E-state index contributed by atoms with van der Waals surface area (Å²) in [6.45, 7) is 4.21. The summed E-state index contributed by atoms with van der Waals surface area (Å²) in [5.74, 6) is 0.0282. The van der Waals surface area contributed by atoms with Crippen LogP contribution in [0.4, 0.5) is 0 Å². The highest BCUT2D eigenvalue weighted by molar-refractivity contribution is 6.05. The molecule has 0 saturated heterocycles. The Bertz CT molecular complexity index is 408. The standard InChI is InChI=1S/C11H12N2O/c1-11(2)4-3-10(14)9-7-13-12-6-8(9)5-11/h3-4,6-7H,5H2,1-2H3. The van der Waals surface area contributed by atoms with Crippen molar-refractivity contribution < 1.29 is 4.79 Å². The predicted molar refractivity (Wildman–Crippen MR) is 53.0 cm³/mol.